The highest BCUT2D eigenvalue weighted by atomic mass is 16.3. The van der Waals surface area contributed by atoms with Crippen molar-refractivity contribution in [3.8, 4) is 51.0 Å². The molecule has 3 aromatic heterocycles. The van der Waals surface area contributed by atoms with Crippen LogP contribution in [0.5, 0.6) is 0 Å². The van der Waals surface area contributed by atoms with Gasteiger partial charge in [-0.1, -0.05) is 157 Å². The van der Waals surface area contributed by atoms with Gasteiger partial charge in [-0.25, -0.2) is 15.0 Å². The smallest absolute Gasteiger partial charge is 0.164 e. The summed E-state index contributed by atoms with van der Waals surface area (Å²) >= 11 is 0. The number of benzene rings is 9. The van der Waals surface area contributed by atoms with Crippen LogP contribution in [0.15, 0.2) is 198 Å². The van der Waals surface area contributed by atoms with Gasteiger partial charge in [0.2, 0.25) is 0 Å². The third kappa shape index (κ3) is 5.07. The Morgan fingerprint density at radius 2 is 0.966 bits per heavy atom. The second-order valence-corrected chi connectivity index (χ2v) is 13.9. The fourth-order valence-corrected chi connectivity index (χ4v) is 7.91. The number of fused-ring (bicyclic) bond motifs is 10. The molecule has 0 atom stereocenters. The van der Waals surface area contributed by atoms with Crippen molar-refractivity contribution in [3.05, 3.63) is 194 Å². The second-order valence-electron chi connectivity index (χ2n) is 13.9. The maximum absolute atomic E-state index is 9.51. The van der Waals surface area contributed by atoms with Gasteiger partial charge in [0.1, 0.15) is 11.2 Å². The molecule has 0 radical (unpaired) electrons. The lowest BCUT2D eigenvalue weighted by molar-refractivity contribution is 0.668. The molecule has 270 valence electrons. The number of aromatic nitrogens is 4. The number of nitrogens with zero attached hydrogens (tertiary/aromatic N) is 4. The van der Waals surface area contributed by atoms with E-state index in [1.54, 1.807) is 18.2 Å². The third-order valence-electron chi connectivity index (χ3n) is 10.6. The average molecular weight is 753 g/mol. The monoisotopic (exact) mass is 752 g/mol. The van der Waals surface area contributed by atoms with Crippen LogP contribution in [0.3, 0.4) is 0 Å². The van der Waals surface area contributed by atoms with E-state index in [4.69, 9.17) is 30.3 Å². The van der Waals surface area contributed by atoms with Crippen LogP contribution in [0.25, 0.3) is 116 Å². The van der Waals surface area contributed by atoms with Gasteiger partial charge < -0.3 is 8.98 Å². The molecule has 3 heterocycles. The van der Waals surface area contributed by atoms with Gasteiger partial charge >= 0.3 is 0 Å². The molecular weight excluding hydrogens is 709 g/mol. The first-order valence-electron chi connectivity index (χ1n) is 24.5. The Morgan fingerprint density at radius 1 is 0.414 bits per heavy atom. The van der Waals surface area contributed by atoms with Crippen LogP contribution in [0.2, 0.25) is 0 Å². The molecule has 5 nitrogen and oxygen atoms in total. The van der Waals surface area contributed by atoms with E-state index in [-0.39, 0.29) is 49.0 Å². The number of furan rings is 1. The molecule has 9 aromatic carbocycles. The highest BCUT2D eigenvalue weighted by Gasteiger charge is 2.21. The third-order valence-corrected chi connectivity index (χ3v) is 10.6. The summed E-state index contributed by atoms with van der Waals surface area (Å²) in [6.45, 7) is 0. The second kappa shape index (κ2) is 12.8. The first kappa shape index (κ1) is 22.6. The van der Waals surface area contributed by atoms with Crippen molar-refractivity contribution < 1.29 is 20.9 Å². The molecule has 0 aliphatic heterocycles. The lowest BCUT2D eigenvalue weighted by atomic mass is 10.00. The zero-order chi connectivity index (χ0) is 48.6. The van der Waals surface area contributed by atoms with Gasteiger partial charge in [-0.05, 0) is 63.0 Å². The predicted molar refractivity (Wildman–Crippen MR) is 238 cm³/mol. The van der Waals surface area contributed by atoms with E-state index in [0.29, 0.717) is 45.0 Å². The summed E-state index contributed by atoms with van der Waals surface area (Å²) < 4.78 is 116. The molecule has 0 aliphatic carbocycles. The van der Waals surface area contributed by atoms with Gasteiger partial charge in [-0.2, -0.15) is 0 Å². The molecule has 0 amide bonds. The summed E-state index contributed by atoms with van der Waals surface area (Å²) in [7, 11) is 0. The molecular formula is C53H32N4O. The molecule has 58 heavy (non-hydrogen) atoms. The van der Waals surface area contributed by atoms with E-state index in [0.717, 1.165) is 22.3 Å². The first-order valence-corrected chi connectivity index (χ1v) is 18.5. The highest BCUT2D eigenvalue weighted by Crippen LogP contribution is 2.42. The van der Waals surface area contributed by atoms with Crippen molar-refractivity contribution in [2.45, 2.75) is 0 Å². The first-order chi connectivity index (χ1) is 33.7. The fraction of sp³-hybridized carbons (Fsp3) is 0. The average Bonchev–Trinajstić information content (AvgIpc) is 3.95. The zero-order valence-electron chi connectivity index (χ0n) is 42.2. The molecule has 0 saturated heterocycles. The highest BCUT2D eigenvalue weighted by molar-refractivity contribution is 6.28. The number of hydrogen-bond donors (Lipinski definition) is 0. The molecule has 0 bridgehead atoms. The Morgan fingerprint density at radius 3 is 1.62 bits per heavy atom. The Hall–Kier alpha value is -7.89. The van der Waals surface area contributed by atoms with E-state index >= 15 is 0 Å². The zero-order valence-corrected chi connectivity index (χ0v) is 30.2. The minimum absolute atomic E-state index is 0.0249. The van der Waals surface area contributed by atoms with E-state index in [2.05, 4.69) is 0 Å². The molecule has 0 N–H and O–H groups in total. The summed E-state index contributed by atoms with van der Waals surface area (Å²) in [6.07, 6.45) is 0. The van der Waals surface area contributed by atoms with Crippen LogP contribution in [0.1, 0.15) is 16.4 Å². The molecule has 12 rings (SSSR count). The van der Waals surface area contributed by atoms with Gasteiger partial charge in [0, 0.05) is 50.0 Å². The molecule has 5 heteroatoms. The van der Waals surface area contributed by atoms with Gasteiger partial charge in [0.05, 0.1) is 27.5 Å². The van der Waals surface area contributed by atoms with Crippen LogP contribution in [0.4, 0.5) is 0 Å². The Balaban J connectivity index is 1.13. The van der Waals surface area contributed by atoms with Gasteiger partial charge in [0.25, 0.3) is 0 Å². The maximum atomic E-state index is 9.51. The molecule has 12 aromatic rings. The van der Waals surface area contributed by atoms with E-state index in [9.17, 15) is 5.48 Å². The molecule has 0 spiro atoms. The number of rotatable bonds is 5. The van der Waals surface area contributed by atoms with Crippen molar-refractivity contribution in [2.24, 2.45) is 0 Å². The van der Waals surface area contributed by atoms with Crippen LogP contribution in [-0.2, 0) is 0 Å². The molecule has 0 saturated carbocycles. The molecule has 0 fully saturated rings. The summed E-state index contributed by atoms with van der Waals surface area (Å²) in [4.78, 5) is 15.0. The summed E-state index contributed by atoms with van der Waals surface area (Å²) in [5.41, 5.74) is 5.30. The Kier molecular flexibility index (Phi) is 5.00. The minimum Gasteiger partial charge on any atom is -0.456 e. The van der Waals surface area contributed by atoms with Gasteiger partial charge in [-0.15, -0.1) is 0 Å². The Labute approximate surface area is 350 Å². The van der Waals surface area contributed by atoms with Crippen LogP contribution in [-0.4, -0.2) is 19.5 Å². The summed E-state index contributed by atoms with van der Waals surface area (Å²) in [5.74, 6) is 1.30. The van der Waals surface area contributed by atoms with Crippen LogP contribution < -0.4 is 0 Å². The topological polar surface area (TPSA) is 56.7 Å². The lowest BCUT2D eigenvalue weighted by Gasteiger charge is -2.10. The fourth-order valence-electron chi connectivity index (χ4n) is 7.91. The maximum Gasteiger partial charge on any atom is 0.164 e. The summed E-state index contributed by atoms with van der Waals surface area (Å²) in [6, 6.07) is 31.7. The minimum atomic E-state index is -0.619. The Bertz CT molecular complexity index is 4130. The van der Waals surface area contributed by atoms with E-state index < -0.39 is 72.5 Å². The van der Waals surface area contributed by atoms with Crippen molar-refractivity contribution in [1.82, 2.24) is 19.5 Å². The van der Waals surface area contributed by atoms with Crippen LogP contribution >= 0.6 is 0 Å². The SMILES string of the molecule is [2H]c1c([2H])c([2H])c2c(c1[2H])c([2H])c([2H])c1c2c2c3c([2H])c([2H])c([2H])c([2H])c3c([2H])c([2H])c2n1-c1ccc2c(c1)oc1cccc(-c3nc(-c4ccccc4)nc(-c4ccc(-c5ccccc5)cc4)n3)c12. The largest absolute Gasteiger partial charge is 0.456 e. The number of hydrogen-bond acceptors (Lipinski definition) is 4. The van der Waals surface area contributed by atoms with Crippen molar-refractivity contribution in [1.29, 1.82) is 0 Å². The van der Waals surface area contributed by atoms with Crippen molar-refractivity contribution >= 4 is 65.3 Å². The van der Waals surface area contributed by atoms with Crippen LogP contribution in [0, 0.1) is 0 Å². The van der Waals surface area contributed by atoms with Crippen molar-refractivity contribution in [3.63, 3.8) is 0 Å². The van der Waals surface area contributed by atoms with Crippen molar-refractivity contribution in [2.75, 3.05) is 0 Å². The van der Waals surface area contributed by atoms with E-state index in [1.807, 2.05) is 103 Å². The molecule has 0 unspecified atom stereocenters. The quantitative estimate of drug-likeness (QED) is 0.176. The van der Waals surface area contributed by atoms with Gasteiger partial charge in [-0.3, -0.25) is 0 Å². The summed E-state index contributed by atoms with van der Waals surface area (Å²) in [5, 5.41) is 0.416. The predicted octanol–water partition coefficient (Wildman–Crippen LogP) is 13.8. The lowest BCUT2D eigenvalue weighted by Crippen LogP contribution is -2.00. The standard InChI is InChI=1S/C53H32N4O/c1-3-12-33(13-4-1)34-22-24-38(25-23-34)52-54-51(37-16-5-2-6-17-37)55-53(56-52)43-20-11-21-46-48(43)42-29-28-39(32-47(42)58-46)57-44-30-26-35-14-7-9-18-40(35)49(44)50-41-19-10-8-15-36(41)27-31-45(50)57/h1-32H/i7D,8D,9D,10D,14D,15D,18D,19D,26D,27D,30D,31D. The van der Waals surface area contributed by atoms with Gasteiger partial charge in [0.15, 0.2) is 17.5 Å². The molecule has 0 aliphatic rings. The van der Waals surface area contributed by atoms with E-state index in [1.165, 1.54) is 4.57 Å². The normalized spacial score (nSPS) is 14.7.